The van der Waals surface area contributed by atoms with E-state index in [1.54, 1.807) is 11.6 Å². The summed E-state index contributed by atoms with van der Waals surface area (Å²) in [7, 11) is -1.91. The fourth-order valence-electron chi connectivity index (χ4n) is 4.07. The summed E-state index contributed by atoms with van der Waals surface area (Å²) >= 11 is 0. The molecular weight excluding hydrogens is 460 g/mol. The highest BCUT2D eigenvalue weighted by Crippen LogP contribution is 2.35. The van der Waals surface area contributed by atoms with Crippen LogP contribution in [0.1, 0.15) is 36.5 Å². The number of nitrogens with one attached hydrogen (secondary N) is 1. The Morgan fingerprint density at radius 2 is 1.97 bits per heavy atom. The first-order chi connectivity index (χ1) is 14.9. The lowest BCUT2D eigenvalue weighted by Crippen LogP contribution is -2.34. The maximum Gasteiger partial charge on any atom is 0.259 e. The number of benzene rings is 2. The van der Waals surface area contributed by atoms with E-state index in [2.05, 4.69) is 46.1 Å². The van der Waals surface area contributed by atoms with Crippen LogP contribution < -0.4 is 15.2 Å². The number of halogens is 1. The number of imidazole rings is 1. The minimum Gasteiger partial charge on any atom is -0.492 e. The van der Waals surface area contributed by atoms with Crippen LogP contribution in [-0.2, 0) is 29.9 Å². The number of rotatable bonds is 8. The van der Waals surface area contributed by atoms with Gasteiger partial charge in [0.1, 0.15) is 12.4 Å². The predicted octanol–water partition coefficient (Wildman–Crippen LogP) is 3.44. The van der Waals surface area contributed by atoms with Gasteiger partial charge in [0.2, 0.25) is 0 Å². The fourth-order valence-corrected chi connectivity index (χ4v) is 5.06. The summed E-state index contributed by atoms with van der Waals surface area (Å²) in [6.07, 6.45) is 5.74. The SMILES string of the molecule is C.Cl.Cn1cnc(S(=O)(=O)NCCOc2ccc3c(c2)C(Cc2ccccc2)C(N)CC3)c1. The molecule has 0 saturated carbocycles. The molecule has 0 fully saturated rings. The third-order valence-corrected chi connectivity index (χ3v) is 7.04. The normalized spacial score (nSPS) is 17.4. The van der Waals surface area contributed by atoms with Gasteiger partial charge in [0.05, 0.1) is 6.33 Å². The second-order valence-corrected chi connectivity index (χ2v) is 9.70. The van der Waals surface area contributed by atoms with E-state index in [-0.39, 0.29) is 50.0 Å². The van der Waals surface area contributed by atoms with Gasteiger partial charge in [-0.1, -0.05) is 43.8 Å². The monoisotopic (exact) mass is 492 g/mol. The number of nitrogens with zero attached hydrogens (tertiary/aromatic N) is 2. The Hall–Kier alpha value is -2.39. The van der Waals surface area contributed by atoms with Crippen molar-refractivity contribution in [3.8, 4) is 5.75 Å². The molecule has 2 atom stereocenters. The molecule has 0 bridgehead atoms. The van der Waals surface area contributed by atoms with Crippen LogP contribution in [-0.4, -0.2) is 37.2 Å². The fraction of sp³-hybridized carbons (Fsp3) is 0.375. The van der Waals surface area contributed by atoms with Crippen LogP contribution in [0.5, 0.6) is 5.75 Å². The first kappa shape index (κ1) is 26.9. The molecule has 1 heterocycles. The summed E-state index contributed by atoms with van der Waals surface area (Å²) in [6, 6.07) is 16.6. The maximum atomic E-state index is 12.2. The minimum atomic E-state index is -3.64. The second kappa shape index (κ2) is 11.7. The van der Waals surface area contributed by atoms with E-state index in [9.17, 15) is 8.42 Å². The van der Waals surface area contributed by atoms with Crippen LogP contribution in [0.4, 0.5) is 0 Å². The van der Waals surface area contributed by atoms with Crippen molar-refractivity contribution < 1.29 is 13.2 Å². The molecule has 180 valence electrons. The van der Waals surface area contributed by atoms with Gasteiger partial charge < -0.3 is 15.0 Å². The minimum absolute atomic E-state index is 0. The molecule has 0 spiro atoms. The topological polar surface area (TPSA) is 99.2 Å². The predicted molar refractivity (Wildman–Crippen MR) is 133 cm³/mol. The number of sulfonamides is 1. The van der Waals surface area contributed by atoms with Gasteiger partial charge in [0.25, 0.3) is 10.0 Å². The Labute approximate surface area is 202 Å². The number of hydrogen-bond acceptors (Lipinski definition) is 5. The zero-order valence-corrected chi connectivity index (χ0v) is 19.6. The summed E-state index contributed by atoms with van der Waals surface area (Å²) < 4.78 is 34.5. The van der Waals surface area contributed by atoms with Crippen molar-refractivity contribution in [3.63, 3.8) is 0 Å². The lowest BCUT2D eigenvalue weighted by atomic mass is 9.76. The van der Waals surface area contributed by atoms with E-state index in [1.165, 1.54) is 29.2 Å². The largest absolute Gasteiger partial charge is 0.492 e. The van der Waals surface area contributed by atoms with Crippen molar-refractivity contribution in [2.24, 2.45) is 12.8 Å². The van der Waals surface area contributed by atoms with Gasteiger partial charge in [0.15, 0.2) is 5.03 Å². The van der Waals surface area contributed by atoms with Gasteiger partial charge in [-0.15, -0.1) is 12.4 Å². The average Bonchev–Trinajstić information content (AvgIpc) is 3.21. The zero-order chi connectivity index (χ0) is 21.8. The third kappa shape index (κ3) is 6.57. The molecule has 0 radical (unpaired) electrons. The second-order valence-electron chi connectivity index (χ2n) is 7.98. The number of fused-ring (bicyclic) bond motifs is 1. The summed E-state index contributed by atoms with van der Waals surface area (Å²) in [4.78, 5) is 3.88. The van der Waals surface area contributed by atoms with Crippen LogP contribution in [0.15, 0.2) is 66.1 Å². The van der Waals surface area contributed by atoms with Crippen LogP contribution in [0.25, 0.3) is 0 Å². The molecular formula is C24H33ClN4O3S. The molecule has 9 heteroatoms. The number of nitrogens with two attached hydrogens (primary N) is 1. The van der Waals surface area contributed by atoms with Crippen molar-refractivity contribution in [1.29, 1.82) is 0 Å². The van der Waals surface area contributed by atoms with E-state index < -0.39 is 10.0 Å². The van der Waals surface area contributed by atoms with Crippen LogP contribution >= 0.6 is 12.4 Å². The average molecular weight is 493 g/mol. The van der Waals surface area contributed by atoms with E-state index in [0.717, 1.165) is 25.0 Å². The highest BCUT2D eigenvalue weighted by atomic mass is 35.5. The summed E-state index contributed by atoms with van der Waals surface area (Å²) in [5.74, 6) is 0.959. The molecule has 4 rings (SSSR count). The van der Waals surface area contributed by atoms with Gasteiger partial charge in [-0.2, -0.15) is 0 Å². The van der Waals surface area contributed by atoms with Gasteiger partial charge in [-0.25, -0.2) is 18.1 Å². The molecule has 2 unspecified atom stereocenters. The van der Waals surface area contributed by atoms with Crippen LogP contribution in [0, 0.1) is 0 Å². The number of aromatic nitrogens is 2. The molecule has 2 aromatic carbocycles. The van der Waals surface area contributed by atoms with Gasteiger partial charge in [-0.3, -0.25) is 0 Å². The standard InChI is InChI=1S/C23H28N4O3S.CH4.ClH/c1-27-15-23(25-16-27)31(28,29)26-11-12-30-19-9-7-18-8-10-22(24)21(20(18)14-19)13-17-5-3-2-4-6-17;;/h2-7,9,14-16,21-22,26H,8,10-13,24H2,1H3;1H4;1H. The smallest absolute Gasteiger partial charge is 0.259 e. The number of aryl methyl sites for hydroxylation is 2. The van der Waals surface area contributed by atoms with Crippen molar-refractivity contribution in [2.75, 3.05) is 13.2 Å². The summed E-state index contributed by atoms with van der Waals surface area (Å²) in [5.41, 5.74) is 10.3. The zero-order valence-electron chi connectivity index (χ0n) is 18.0. The first-order valence-corrected chi connectivity index (χ1v) is 11.9. The Kier molecular flexibility index (Phi) is 9.48. The lowest BCUT2D eigenvalue weighted by molar-refractivity contribution is 0.321. The number of hydrogen-bond donors (Lipinski definition) is 2. The highest BCUT2D eigenvalue weighted by molar-refractivity contribution is 7.89. The Balaban J connectivity index is 0.00000193. The van der Waals surface area contributed by atoms with Crippen LogP contribution in [0.2, 0.25) is 0 Å². The molecule has 3 aromatic rings. The number of ether oxygens (including phenoxy) is 1. The molecule has 1 aromatic heterocycles. The quantitative estimate of drug-likeness (QED) is 0.469. The molecule has 1 aliphatic rings. The lowest BCUT2D eigenvalue weighted by Gasteiger charge is -2.32. The molecule has 7 nitrogen and oxygen atoms in total. The summed E-state index contributed by atoms with van der Waals surface area (Å²) in [5, 5.41) is 0.00141. The molecule has 0 saturated heterocycles. The maximum absolute atomic E-state index is 12.2. The van der Waals surface area contributed by atoms with Crippen LogP contribution in [0.3, 0.4) is 0 Å². The van der Waals surface area contributed by atoms with E-state index in [0.29, 0.717) is 0 Å². The van der Waals surface area contributed by atoms with Gasteiger partial charge in [0, 0.05) is 31.7 Å². The van der Waals surface area contributed by atoms with Gasteiger partial charge >= 0.3 is 0 Å². The van der Waals surface area contributed by atoms with Crippen molar-refractivity contribution >= 4 is 22.4 Å². The molecule has 0 amide bonds. The third-order valence-electron chi connectivity index (χ3n) is 5.70. The Morgan fingerprint density at radius 3 is 2.67 bits per heavy atom. The van der Waals surface area contributed by atoms with E-state index in [1.807, 2.05) is 12.1 Å². The Morgan fingerprint density at radius 1 is 1.21 bits per heavy atom. The molecule has 1 aliphatic carbocycles. The van der Waals surface area contributed by atoms with E-state index >= 15 is 0 Å². The molecule has 33 heavy (non-hydrogen) atoms. The van der Waals surface area contributed by atoms with E-state index in [4.69, 9.17) is 10.5 Å². The Bertz CT molecular complexity index is 1140. The summed E-state index contributed by atoms with van der Waals surface area (Å²) in [6.45, 7) is 0.378. The van der Waals surface area contributed by atoms with Crippen molar-refractivity contribution in [2.45, 2.75) is 43.7 Å². The highest BCUT2D eigenvalue weighted by Gasteiger charge is 2.27. The van der Waals surface area contributed by atoms with Crippen molar-refractivity contribution in [3.05, 3.63) is 77.7 Å². The van der Waals surface area contributed by atoms with Crippen molar-refractivity contribution in [1.82, 2.24) is 14.3 Å². The first-order valence-electron chi connectivity index (χ1n) is 10.4. The van der Waals surface area contributed by atoms with Gasteiger partial charge in [-0.05, 0) is 48.1 Å². The molecule has 3 N–H and O–H groups in total. The molecule has 0 aliphatic heterocycles.